The molecule has 0 aromatic rings. The Balaban J connectivity index is 1.95. The van der Waals surface area contributed by atoms with Crippen molar-refractivity contribution in [1.82, 2.24) is 9.80 Å². The molecule has 0 radical (unpaired) electrons. The van der Waals surface area contributed by atoms with Crippen molar-refractivity contribution in [2.24, 2.45) is 5.73 Å². The second-order valence-electron chi connectivity index (χ2n) is 6.94. The molecule has 2 heterocycles. The second-order valence-corrected chi connectivity index (χ2v) is 6.94. The smallest absolute Gasteiger partial charge is 0.0756 e. The Labute approximate surface area is 117 Å². The molecule has 2 aliphatic heterocycles. The zero-order valence-electron chi connectivity index (χ0n) is 12.8. The third kappa shape index (κ3) is 3.69. The summed E-state index contributed by atoms with van der Waals surface area (Å²) in [7, 11) is 0. The van der Waals surface area contributed by atoms with Gasteiger partial charge < -0.3 is 10.8 Å². The zero-order chi connectivity index (χ0) is 14.0. The molecule has 2 fully saturated rings. The number of nitrogens with zero attached hydrogens (tertiary/aromatic N) is 2. The summed E-state index contributed by atoms with van der Waals surface area (Å²) in [5.41, 5.74) is 4.91. The average Bonchev–Trinajstić information content (AvgIpc) is 2.37. The number of fused-ring (bicyclic) bond motifs is 1. The fourth-order valence-electron chi connectivity index (χ4n) is 3.83. The van der Waals surface area contributed by atoms with E-state index in [0.717, 1.165) is 19.0 Å². The van der Waals surface area contributed by atoms with Crippen LogP contribution in [-0.2, 0) is 0 Å². The molecule has 4 unspecified atom stereocenters. The van der Waals surface area contributed by atoms with E-state index in [2.05, 4.69) is 23.6 Å². The number of nitrogens with two attached hydrogens (primary N) is 1. The predicted molar refractivity (Wildman–Crippen MR) is 79.1 cm³/mol. The maximum Gasteiger partial charge on any atom is 0.0756 e. The summed E-state index contributed by atoms with van der Waals surface area (Å²) in [5, 5.41) is 10.2. The minimum absolute atomic E-state index is 0.342. The molecule has 0 aliphatic carbocycles. The summed E-state index contributed by atoms with van der Waals surface area (Å²) in [4.78, 5) is 5.25. The summed E-state index contributed by atoms with van der Waals surface area (Å²) in [6, 6.07) is 1.71. The van der Waals surface area contributed by atoms with E-state index in [1.165, 1.54) is 32.4 Å². The standard InChI is InChI=1S/C15H31N3O/c1-12(8-15(3,19)11-16)18-10-14-6-4-5-7-17(14)9-13(18)2/h12-14,19H,4-11,16H2,1-3H3. The van der Waals surface area contributed by atoms with Gasteiger partial charge in [-0.2, -0.15) is 0 Å². The van der Waals surface area contributed by atoms with E-state index in [0.29, 0.717) is 18.6 Å². The number of hydrogen-bond acceptors (Lipinski definition) is 4. The third-order valence-electron chi connectivity index (χ3n) is 4.98. The average molecular weight is 269 g/mol. The van der Waals surface area contributed by atoms with Gasteiger partial charge in [-0.15, -0.1) is 0 Å². The molecule has 2 aliphatic rings. The second kappa shape index (κ2) is 6.08. The summed E-state index contributed by atoms with van der Waals surface area (Å²) >= 11 is 0. The molecule has 0 aromatic carbocycles. The number of hydrogen-bond donors (Lipinski definition) is 2. The van der Waals surface area contributed by atoms with Crippen LogP contribution in [0.3, 0.4) is 0 Å². The fraction of sp³-hybridized carbons (Fsp3) is 1.00. The molecule has 0 spiro atoms. The van der Waals surface area contributed by atoms with E-state index in [9.17, 15) is 5.11 Å². The van der Waals surface area contributed by atoms with Crippen LogP contribution in [0.4, 0.5) is 0 Å². The van der Waals surface area contributed by atoms with Crippen LogP contribution in [0.25, 0.3) is 0 Å². The summed E-state index contributed by atoms with van der Waals surface area (Å²) in [6.45, 7) is 10.4. The van der Waals surface area contributed by atoms with Gasteiger partial charge in [0.15, 0.2) is 0 Å². The molecule has 4 nitrogen and oxygen atoms in total. The van der Waals surface area contributed by atoms with Crippen LogP contribution in [0.2, 0.25) is 0 Å². The lowest BCUT2D eigenvalue weighted by Gasteiger charge is -2.50. The van der Waals surface area contributed by atoms with Crippen LogP contribution in [0.15, 0.2) is 0 Å². The molecule has 2 rings (SSSR count). The summed E-state index contributed by atoms with van der Waals surface area (Å²) in [6.07, 6.45) is 4.84. The van der Waals surface area contributed by atoms with E-state index in [1.807, 2.05) is 6.92 Å². The Hall–Kier alpha value is -0.160. The Morgan fingerprint density at radius 3 is 2.79 bits per heavy atom. The Morgan fingerprint density at radius 1 is 1.37 bits per heavy atom. The number of aliphatic hydroxyl groups is 1. The molecule has 112 valence electrons. The highest BCUT2D eigenvalue weighted by Gasteiger charge is 2.36. The van der Waals surface area contributed by atoms with E-state index < -0.39 is 5.60 Å². The van der Waals surface area contributed by atoms with Crippen LogP contribution >= 0.6 is 0 Å². The van der Waals surface area contributed by atoms with Gasteiger partial charge in [-0.05, 0) is 46.6 Å². The van der Waals surface area contributed by atoms with Crippen LogP contribution in [-0.4, -0.2) is 64.8 Å². The molecule has 4 atom stereocenters. The first kappa shape index (κ1) is 15.2. The van der Waals surface area contributed by atoms with Crippen LogP contribution in [0.5, 0.6) is 0 Å². The van der Waals surface area contributed by atoms with Crippen molar-refractivity contribution < 1.29 is 5.11 Å². The Bertz CT molecular complexity index is 295. The Morgan fingerprint density at radius 2 is 2.11 bits per heavy atom. The van der Waals surface area contributed by atoms with Gasteiger partial charge >= 0.3 is 0 Å². The molecular weight excluding hydrogens is 238 g/mol. The minimum Gasteiger partial charge on any atom is -0.389 e. The van der Waals surface area contributed by atoms with Crippen molar-refractivity contribution in [1.29, 1.82) is 0 Å². The van der Waals surface area contributed by atoms with Crippen LogP contribution in [0, 0.1) is 0 Å². The highest BCUT2D eigenvalue weighted by Crippen LogP contribution is 2.27. The van der Waals surface area contributed by atoms with E-state index in [-0.39, 0.29) is 0 Å². The molecular formula is C15H31N3O. The lowest BCUT2D eigenvalue weighted by atomic mass is 9.92. The lowest BCUT2D eigenvalue weighted by molar-refractivity contribution is -0.0308. The topological polar surface area (TPSA) is 52.7 Å². The van der Waals surface area contributed by atoms with Gasteiger partial charge in [-0.3, -0.25) is 9.80 Å². The monoisotopic (exact) mass is 269 g/mol. The van der Waals surface area contributed by atoms with Crippen molar-refractivity contribution in [2.45, 2.75) is 70.2 Å². The first-order chi connectivity index (χ1) is 8.93. The van der Waals surface area contributed by atoms with Crippen molar-refractivity contribution >= 4 is 0 Å². The Kier molecular flexibility index (Phi) is 4.88. The highest BCUT2D eigenvalue weighted by molar-refractivity contribution is 4.92. The fourth-order valence-corrected chi connectivity index (χ4v) is 3.83. The van der Waals surface area contributed by atoms with Gasteiger partial charge in [-0.25, -0.2) is 0 Å². The van der Waals surface area contributed by atoms with Crippen LogP contribution < -0.4 is 5.73 Å². The van der Waals surface area contributed by atoms with Gasteiger partial charge in [0.25, 0.3) is 0 Å². The quantitative estimate of drug-likeness (QED) is 0.800. The normalized spacial score (nSPS) is 34.6. The van der Waals surface area contributed by atoms with Gasteiger partial charge in [-0.1, -0.05) is 6.42 Å². The first-order valence-electron chi connectivity index (χ1n) is 7.85. The van der Waals surface area contributed by atoms with Gasteiger partial charge in [0.1, 0.15) is 0 Å². The molecule has 2 saturated heterocycles. The number of piperidine rings is 1. The highest BCUT2D eigenvalue weighted by atomic mass is 16.3. The molecule has 0 saturated carbocycles. The van der Waals surface area contributed by atoms with E-state index >= 15 is 0 Å². The number of piperazine rings is 1. The predicted octanol–water partition coefficient (Wildman–Crippen LogP) is 1.03. The molecule has 3 N–H and O–H groups in total. The molecule has 0 bridgehead atoms. The van der Waals surface area contributed by atoms with Crippen molar-refractivity contribution in [3.05, 3.63) is 0 Å². The van der Waals surface area contributed by atoms with Crippen LogP contribution in [0.1, 0.15) is 46.5 Å². The maximum atomic E-state index is 10.2. The van der Waals surface area contributed by atoms with E-state index in [4.69, 9.17) is 5.73 Å². The van der Waals surface area contributed by atoms with Gasteiger partial charge in [0, 0.05) is 37.8 Å². The van der Waals surface area contributed by atoms with Gasteiger partial charge in [0.05, 0.1) is 5.60 Å². The zero-order valence-corrected chi connectivity index (χ0v) is 12.8. The summed E-state index contributed by atoms with van der Waals surface area (Å²) < 4.78 is 0. The maximum absolute atomic E-state index is 10.2. The van der Waals surface area contributed by atoms with Gasteiger partial charge in [0.2, 0.25) is 0 Å². The lowest BCUT2D eigenvalue weighted by Crippen LogP contribution is -2.61. The molecule has 4 heteroatoms. The molecule has 19 heavy (non-hydrogen) atoms. The molecule has 0 amide bonds. The SMILES string of the molecule is CC1CN2CCCCC2CN1C(C)CC(C)(O)CN. The van der Waals surface area contributed by atoms with Crippen molar-refractivity contribution in [3.63, 3.8) is 0 Å². The third-order valence-corrected chi connectivity index (χ3v) is 4.98. The first-order valence-corrected chi connectivity index (χ1v) is 7.85. The minimum atomic E-state index is -0.733. The molecule has 0 aromatic heterocycles. The van der Waals surface area contributed by atoms with Crippen molar-refractivity contribution in [2.75, 3.05) is 26.2 Å². The number of rotatable bonds is 4. The van der Waals surface area contributed by atoms with E-state index in [1.54, 1.807) is 0 Å². The summed E-state index contributed by atoms with van der Waals surface area (Å²) in [5.74, 6) is 0. The largest absolute Gasteiger partial charge is 0.389 e. The van der Waals surface area contributed by atoms with Crippen molar-refractivity contribution in [3.8, 4) is 0 Å².